The average Bonchev–Trinajstić information content (AvgIpc) is 3.53. The highest BCUT2D eigenvalue weighted by atomic mass is 16.7. The molecule has 160 valence electrons. The average molecular weight is 421 g/mol. The number of H-pyrrole nitrogens is 1. The number of ether oxygens (including phenoxy) is 5. The van der Waals surface area contributed by atoms with Gasteiger partial charge < -0.3 is 28.7 Å². The smallest absolute Gasteiger partial charge is 0.231 e. The Labute approximate surface area is 179 Å². The molecule has 0 spiro atoms. The number of imidazole rings is 1. The quantitative estimate of drug-likeness (QED) is 0.655. The fourth-order valence-electron chi connectivity index (χ4n) is 4.35. The minimum Gasteiger partial charge on any atom is -0.454 e. The van der Waals surface area contributed by atoms with E-state index < -0.39 is 0 Å². The van der Waals surface area contributed by atoms with Gasteiger partial charge in [-0.05, 0) is 35.4 Å². The molecule has 3 aliphatic rings. The van der Waals surface area contributed by atoms with Crippen LogP contribution in [0.2, 0.25) is 0 Å². The first-order chi connectivity index (χ1) is 15.3. The molecule has 0 bridgehead atoms. The lowest BCUT2D eigenvalue weighted by Gasteiger charge is -2.29. The van der Waals surface area contributed by atoms with Crippen LogP contribution in [-0.2, 0) is 24.2 Å². The number of hydrogen-bond donors (Lipinski definition) is 1. The minimum atomic E-state index is -0.0713. The molecule has 4 heterocycles. The van der Waals surface area contributed by atoms with Gasteiger partial charge in [0, 0.05) is 31.7 Å². The summed E-state index contributed by atoms with van der Waals surface area (Å²) < 4.78 is 28.1. The molecule has 1 unspecified atom stereocenters. The number of aromatic nitrogens is 2. The molecule has 0 fully saturated rings. The van der Waals surface area contributed by atoms with Crippen LogP contribution in [0.5, 0.6) is 23.0 Å². The molecule has 1 atom stereocenters. The zero-order valence-electron chi connectivity index (χ0n) is 17.0. The van der Waals surface area contributed by atoms with Gasteiger partial charge in [0.25, 0.3) is 0 Å². The van der Waals surface area contributed by atoms with Crippen molar-refractivity contribution >= 4 is 0 Å². The van der Waals surface area contributed by atoms with Crippen molar-refractivity contribution in [3.63, 3.8) is 0 Å². The van der Waals surface area contributed by atoms with Crippen molar-refractivity contribution in [2.24, 2.45) is 0 Å². The fraction of sp³-hybridized carbons (Fsp3) is 0.348. The molecule has 31 heavy (non-hydrogen) atoms. The summed E-state index contributed by atoms with van der Waals surface area (Å²) in [5.41, 5.74) is 4.49. The molecular formula is C23H23N3O5. The maximum Gasteiger partial charge on any atom is 0.231 e. The molecule has 1 N–H and O–H groups in total. The molecule has 2 aromatic carbocycles. The number of aromatic amines is 1. The first-order valence-electron chi connectivity index (χ1n) is 10.4. The Morgan fingerprint density at radius 1 is 0.871 bits per heavy atom. The highest BCUT2D eigenvalue weighted by molar-refractivity contribution is 5.45. The standard InChI is InChI=1S/C23H23N3O5/c1-3-18-20(30-13-28-18)7-15(1)9-26(10-16-2-4-19-21(8-16)31-14-29-19)11-22-23-17(5-6-27-22)24-12-25-23/h1-4,7-8,12,22H,5-6,9-11,13-14H2,(H,24,25). The van der Waals surface area contributed by atoms with Crippen LogP contribution in [0.1, 0.15) is 28.6 Å². The maximum atomic E-state index is 6.10. The molecule has 0 amide bonds. The van der Waals surface area contributed by atoms with Crippen LogP contribution in [0.4, 0.5) is 0 Å². The molecule has 3 aliphatic heterocycles. The third kappa shape index (κ3) is 3.68. The van der Waals surface area contributed by atoms with Crippen LogP contribution in [0.15, 0.2) is 42.7 Å². The molecule has 3 aromatic rings. The summed E-state index contributed by atoms with van der Waals surface area (Å²) in [6.07, 6.45) is 2.56. The first-order valence-corrected chi connectivity index (χ1v) is 10.4. The van der Waals surface area contributed by atoms with E-state index in [-0.39, 0.29) is 19.7 Å². The molecule has 0 saturated carbocycles. The zero-order valence-corrected chi connectivity index (χ0v) is 17.0. The third-order valence-electron chi connectivity index (χ3n) is 5.84. The number of benzene rings is 2. The van der Waals surface area contributed by atoms with Crippen LogP contribution < -0.4 is 18.9 Å². The number of rotatable bonds is 6. The van der Waals surface area contributed by atoms with E-state index in [1.165, 1.54) is 5.69 Å². The largest absolute Gasteiger partial charge is 0.454 e. The van der Waals surface area contributed by atoms with Crippen LogP contribution in [0, 0.1) is 0 Å². The predicted octanol–water partition coefficient (Wildman–Crippen LogP) is 3.18. The highest BCUT2D eigenvalue weighted by Gasteiger charge is 2.26. The lowest BCUT2D eigenvalue weighted by molar-refractivity contribution is 0.00926. The topological polar surface area (TPSA) is 78.1 Å². The summed E-state index contributed by atoms with van der Waals surface area (Å²) >= 11 is 0. The summed E-state index contributed by atoms with van der Waals surface area (Å²) in [7, 11) is 0. The maximum absolute atomic E-state index is 6.10. The van der Waals surface area contributed by atoms with Crippen LogP contribution in [0.3, 0.4) is 0 Å². The summed E-state index contributed by atoms with van der Waals surface area (Å²) in [6, 6.07) is 12.2. The summed E-state index contributed by atoms with van der Waals surface area (Å²) in [5.74, 6) is 3.18. The molecule has 0 aliphatic carbocycles. The summed E-state index contributed by atoms with van der Waals surface area (Å²) in [4.78, 5) is 10.1. The Balaban J connectivity index is 1.26. The zero-order chi connectivity index (χ0) is 20.6. The fourth-order valence-corrected chi connectivity index (χ4v) is 4.35. The van der Waals surface area contributed by atoms with E-state index in [0.29, 0.717) is 6.61 Å². The van der Waals surface area contributed by atoms with Crippen molar-refractivity contribution in [3.8, 4) is 23.0 Å². The lowest BCUT2D eigenvalue weighted by atomic mass is 10.1. The number of nitrogens with zero attached hydrogens (tertiary/aromatic N) is 2. The Morgan fingerprint density at radius 3 is 2.19 bits per heavy atom. The summed E-state index contributed by atoms with van der Waals surface area (Å²) in [5, 5.41) is 0. The van der Waals surface area contributed by atoms with Gasteiger partial charge in [0.05, 0.1) is 18.6 Å². The van der Waals surface area contributed by atoms with Crippen LogP contribution in [-0.4, -0.2) is 41.6 Å². The van der Waals surface area contributed by atoms with Crippen molar-refractivity contribution in [2.45, 2.75) is 25.6 Å². The van der Waals surface area contributed by atoms with Gasteiger partial charge in [-0.2, -0.15) is 0 Å². The van der Waals surface area contributed by atoms with Crippen molar-refractivity contribution in [3.05, 3.63) is 65.2 Å². The van der Waals surface area contributed by atoms with E-state index >= 15 is 0 Å². The van der Waals surface area contributed by atoms with E-state index in [2.05, 4.69) is 39.1 Å². The van der Waals surface area contributed by atoms with Gasteiger partial charge in [-0.1, -0.05) is 12.1 Å². The number of hydrogen-bond acceptors (Lipinski definition) is 7. The second-order valence-electron chi connectivity index (χ2n) is 7.92. The van der Waals surface area contributed by atoms with E-state index in [4.69, 9.17) is 23.7 Å². The van der Waals surface area contributed by atoms with Crippen LogP contribution >= 0.6 is 0 Å². The second kappa shape index (κ2) is 7.79. The van der Waals surface area contributed by atoms with E-state index in [0.717, 1.165) is 65.9 Å². The van der Waals surface area contributed by atoms with E-state index in [1.54, 1.807) is 6.33 Å². The van der Waals surface area contributed by atoms with Crippen molar-refractivity contribution in [1.29, 1.82) is 0 Å². The number of fused-ring (bicyclic) bond motifs is 3. The lowest BCUT2D eigenvalue weighted by Crippen LogP contribution is -2.31. The van der Waals surface area contributed by atoms with Gasteiger partial charge in [0.1, 0.15) is 6.10 Å². The van der Waals surface area contributed by atoms with E-state index in [1.807, 2.05) is 12.1 Å². The second-order valence-corrected chi connectivity index (χ2v) is 7.92. The van der Waals surface area contributed by atoms with Gasteiger partial charge in [-0.25, -0.2) is 4.98 Å². The SMILES string of the molecule is c1nc2c([nH]1)CCOC2CN(Cc1ccc2c(c1)OCO2)Cc1ccc2c(c1)OCO2. The Morgan fingerprint density at radius 2 is 1.52 bits per heavy atom. The predicted molar refractivity (Wildman–Crippen MR) is 110 cm³/mol. The van der Waals surface area contributed by atoms with Gasteiger partial charge in [0.2, 0.25) is 13.6 Å². The Kier molecular flexibility index (Phi) is 4.66. The summed E-state index contributed by atoms with van der Waals surface area (Å²) in [6.45, 7) is 3.45. The van der Waals surface area contributed by atoms with E-state index in [9.17, 15) is 0 Å². The monoisotopic (exact) mass is 421 g/mol. The Bertz CT molecular complexity index is 1040. The molecular weight excluding hydrogens is 398 g/mol. The van der Waals surface area contributed by atoms with Gasteiger partial charge in [-0.3, -0.25) is 4.90 Å². The van der Waals surface area contributed by atoms with Gasteiger partial charge in [-0.15, -0.1) is 0 Å². The minimum absolute atomic E-state index is 0.0713. The van der Waals surface area contributed by atoms with Crippen LogP contribution in [0.25, 0.3) is 0 Å². The van der Waals surface area contributed by atoms with Crippen molar-refractivity contribution in [2.75, 3.05) is 26.7 Å². The van der Waals surface area contributed by atoms with Gasteiger partial charge in [0.15, 0.2) is 23.0 Å². The number of nitrogens with one attached hydrogen (secondary N) is 1. The normalized spacial score (nSPS) is 18.4. The first kappa shape index (κ1) is 18.5. The Hall–Kier alpha value is -3.23. The van der Waals surface area contributed by atoms with Gasteiger partial charge >= 0.3 is 0 Å². The molecule has 0 saturated heterocycles. The third-order valence-corrected chi connectivity index (χ3v) is 5.84. The highest BCUT2D eigenvalue weighted by Crippen LogP contribution is 2.35. The molecule has 6 rings (SSSR count). The van der Waals surface area contributed by atoms with Crippen molar-refractivity contribution in [1.82, 2.24) is 14.9 Å². The molecule has 0 radical (unpaired) electrons. The molecule has 1 aromatic heterocycles. The molecule has 8 heteroatoms. The molecule has 8 nitrogen and oxygen atoms in total. The van der Waals surface area contributed by atoms with Crippen molar-refractivity contribution < 1.29 is 23.7 Å².